The first kappa shape index (κ1) is 15.5. The van der Waals surface area contributed by atoms with Gasteiger partial charge < -0.3 is 10.2 Å². The second-order valence-corrected chi connectivity index (χ2v) is 5.34. The Morgan fingerprint density at radius 1 is 1.33 bits per heavy atom. The maximum Gasteiger partial charge on any atom is 0.293 e. The number of aryl methyl sites for hydroxylation is 1. The summed E-state index contributed by atoms with van der Waals surface area (Å²) in [6.07, 6.45) is 3.82. The highest BCUT2D eigenvalue weighted by Crippen LogP contribution is 2.13. The van der Waals surface area contributed by atoms with Gasteiger partial charge in [-0.05, 0) is 19.3 Å². The summed E-state index contributed by atoms with van der Waals surface area (Å²) in [5, 5.41) is 9.77. The second kappa shape index (κ2) is 7.19. The number of H-pyrrole nitrogens is 1. The molecule has 21 heavy (non-hydrogen) atoms. The number of nitrogens with one attached hydrogen (secondary N) is 2. The lowest BCUT2D eigenvalue weighted by Gasteiger charge is -2.31. The summed E-state index contributed by atoms with van der Waals surface area (Å²) in [5.41, 5.74) is 0. The Morgan fingerprint density at radius 2 is 2.05 bits per heavy atom. The third-order valence-electron chi connectivity index (χ3n) is 3.68. The highest BCUT2D eigenvalue weighted by molar-refractivity contribution is 5.90. The summed E-state index contributed by atoms with van der Waals surface area (Å²) in [6, 6.07) is 0.171. The molecule has 1 aliphatic rings. The average molecular weight is 293 g/mol. The Labute approximate surface area is 124 Å². The van der Waals surface area contributed by atoms with Gasteiger partial charge in [-0.3, -0.25) is 14.7 Å². The van der Waals surface area contributed by atoms with E-state index in [0.29, 0.717) is 19.5 Å². The predicted octanol–water partition coefficient (Wildman–Crippen LogP) is 0.888. The fraction of sp³-hybridized carbons (Fsp3) is 0.714. The van der Waals surface area contributed by atoms with E-state index in [9.17, 15) is 9.59 Å². The minimum atomic E-state index is -0.131. The third-order valence-corrected chi connectivity index (χ3v) is 3.68. The van der Waals surface area contributed by atoms with Crippen LogP contribution in [0.15, 0.2) is 0 Å². The van der Waals surface area contributed by atoms with E-state index in [0.717, 1.165) is 31.5 Å². The largest absolute Gasteiger partial charge is 0.353 e. The summed E-state index contributed by atoms with van der Waals surface area (Å²) in [7, 11) is 0. The number of carbonyl (C=O) groups is 2. The van der Waals surface area contributed by atoms with Crippen molar-refractivity contribution in [2.75, 3.05) is 13.1 Å². The zero-order valence-corrected chi connectivity index (χ0v) is 12.7. The van der Waals surface area contributed by atoms with Crippen molar-refractivity contribution in [1.29, 1.82) is 0 Å². The minimum Gasteiger partial charge on any atom is -0.353 e. The molecular formula is C14H23N5O2. The molecule has 1 aliphatic heterocycles. The molecule has 7 heteroatoms. The van der Waals surface area contributed by atoms with Crippen LogP contribution in [0.25, 0.3) is 0 Å². The second-order valence-electron chi connectivity index (χ2n) is 5.34. The van der Waals surface area contributed by atoms with Crippen LogP contribution in [0.5, 0.6) is 0 Å². The zero-order valence-electron chi connectivity index (χ0n) is 12.7. The normalized spacial score (nSPS) is 16.0. The number of hydrogen-bond donors (Lipinski definition) is 2. The summed E-state index contributed by atoms with van der Waals surface area (Å²) < 4.78 is 0. The van der Waals surface area contributed by atoms with Crippen molar-refractivity contribution in [2.45, 2.75) is 52.0 Å². The lowest BCUT2D eigenvalue weighted by Crippen LogP contribution is -2.46. The molecule has 0 spiro atoms. The fourth-order valence-corrected chi connectivity index (χ4v) is 2.44. The molecule has 0 unspecified atom stereocenters. The molecule has 1 saturated heterocycles. The summed E-state index contributed by atoms with van der Waals surface area (Å²) in [4.78, 5) is 29.6. The van der Waals surface area contributed by atoms with Gasteiger partial charge in [-0.15, -0.1) is 5.10 Å². The average Bonchev–Trinajstić information content (AvgIpc) is 2.96. The number of hydrogen-bond acceptors (Lipinski definition) is 4. The van der Waals surface area contributed by atoms with E-state index in [1.165, 1.54) is 0 Å². The predicted molar refractivity (Wildman–Crippen MR) is 77.7 cm³/mol. The van der Waals surface area contributed by atoms with Crippen LogP contribution >= 0.6 is 0 Å². The molecule has 1 aromatic rings. The fourth-order valence-electron chi connectivity index (χ4n) is 2.44. The first-order valence-electron chi connectivity index (χ1n) is 7.64. The number of carbonyl (C=O) groups excluding carboxylic acids is 2. The molecule has 0 saturated carbocycles. The first-order chi connectivity index (χ1) is 10.1. The van der Waals surface area contributed by atoms with Gasteiger partial charge in [-0.25, -0.2) is 4.98 Å². The molecule has 2 amide bonds. The van der Waals surface area contributed by atoms with Crippen molar-refractivity contribution < 1.29 is 9.59 Å². The van der Waals surface area contributed by atoms with E-state index in [4.69, 9.17) is 0 Å². The highest BCUT2D eigenvalue weighted by atomic mass is 16.2. The molecule has 2 N–H and O–H groups in total. The van der Waals surface area contributed by atoms with Gasteiger partial charge in [0, 0.05) is 32.0 Å². The van der Waals surface area contributed by atoms with Crippen LogP contribution in [0.4, 0.5) is 0 Å². The van der Waals surface area contributed by atoms with Gasteiger partial charge >= 0.3 is 0 Å². The maximum absolute atomic E-state index is 12.3. The van der Waals surface area contributed by atoms with Crippen LogP contribution < -0.4 is 5.32 Å². The van der Waals surface area contributed by atoms with Crippen molar-refractivity contribution in [3.8, 4) is 0 Å². The number of nitrogens with zero attached hydrogens (tertiary/aromatic N) is 3. The molecule has 0 atom stereocenters. The number of aromatic nitrogens is 3. The highest BCUT2D eigenvalue weighted by Gasteiger charge is 2.26. The van der Waals surface area contributed by atoms with Crippen molar-refractivity contribution >= 4 is 11.8 Å². The number of amides is 2. The number of likely N-dealkylation sites (tertiary alicyclic amines) is 1. The van der Waals surface area contributed by atoms with E-state index in [1.807, 2.05) is 6.92 Å². The van der Waals surface area contributed by atoms with E-state index in [2.05, 4.69) is 27.4 Å². The lowest BCUT2D eigenvalue weighted by molar-refractivity contribution is -0.121. The monoisotopic (exact) mass is 293 g/mol. The molecule has 0 aliphatic carbocycles. The Morgan fingerprint density at radius 3 is 2.67 bits per heavy atom. The Kier molecular flexibility index (Phi) is 5.30. The molecular weight excluding hydrogens is 270 g/mol. The minimum absolute atomic E-state index is 0.0675. The van der Waals surface area contributed by atoms with Gasteiger partial charge in [0.1, 0.15) is 5.82 Å². The number of aromatic amines is 1. The van der Waals surface area contributed by atoms with Gasteiger partial charge in [-0.1, -0.05) is 13.8 Å². The smallest absolute Gasteiger partial charge is 0.293 e. The molecule has 1 fully saturated rings. The van der Waals surface area contributed by atoms with E-state index in [1.54, 1.807) is 4.90 Å². The van der Waals surface area contributed by atoms with Gasteiger partial charge in [0.2, 0.25) is 11.7 Å². The lowest BCUT2D eigenvalue weighted by atomic mass is 10.0. The van der Waals surface area contributed by atoms with E-state index >= 15 is 0 Å². The van der Waals surface area contributed by atoms with Crippen LogP contribution in [0.1, 0.15) is 56.0 Å². The molecule has 0 bridgehead atoms. The van der Waals surface area contributed by atoms with Crippen LogP contribution in [-0.4, -0.2) is 51.0 Å². The Bertz CT molecular complexity index is 491. The van der Waals surface area contributed by atoms with Gasteiger partial charge in [-0.2, -0.15) is 0 Å². The van der Waals surface area contributed by atoms with Crippen LogP contribution in [0.2, 0.25) is 0 Å². The molecule has 2 rings (SSSR count). The number of rotatable bonds is 5. The van der Waals surface area contributed by atoms with Crippen molar-refractivity contribution in [3.05, 3.63) is 11.6 Å². The van der Waals surface area contributed by atoms with Gasteiger partial charge in [0.05, 0.1) is 0 Å². The molecule has 116 valence electrons. The summed E-state index contributed by atoms with van der Waals surface area (Å²) in [5.74, 6) is 0.937. The van der Waals surface area contributed by atoms with Crippen LogP contribution in [-0.2, 0) is 11.2 Å². The quantitative estimate of drug-likeness (QED) is 0.843. The van der Waals surface area contributed by atoms with Gasteiger partial charge in [0.25, 0.3) is 5.91 Å². The van der Waals surface area contributed by atoms with E-state index in [-0.39, 0.29) is 23.7 Å². The van der Waals surface area contributed by atoms with E-state index < -0.39 is 0 Å². The van der Waals surface area contributed by atoms with Crippen LogP contribution in [0, 0.1) is 0 Å². The molecule has 0 aromatic carbocycles. The Balaban J connectivity index is 1.86. The van der Waals surface area contributed by atoms with Crippen LogP contribution in [0.3, 0.4) is 0 Å². The molecule has 1 aromatic heterocycles. The zero-order chi connectivity index (χ0) is 15.2. The SMILES string of the molecule is CCCc1nc(C(=O)N2CCC(NC(=O)CC)CC2)n[nH]1. The third kappa shape index (κ3) is 4.03. The maximum atomic E-state index is 12.3. The number of piperidine rings is 1. The van der Waals surface area contributed by atoms with Crippen molar-refractivity contribution in [3.63, 3.8) is 0 Å². The Hall–Kier alpha value is -1.92. The van der Waals surface area contributed by atoms with Gasteiger partial charge in [0.15, 0.2) is 0 Å². The standard InChI is InChI=1S/C14H23N5O2/c1-3-5-11-16-13(18-17-11)14(21)19-8-6-10(7-9-19)15-12(20)4-2/h10H,3-9H2,1-2H3,(H,15,20)(H,16,17,18). The summed E-state index contributed by atoms with van der Waals surface area (Å²) >= 11 is 0. The molecule has 7 nitrogen and oxygen atoms in total. The first-order valence-corrected chi connectivity index (χ1v) is 7.64. The molecule has 2 heterocycles. The van der Waals surface area contributed by atoms with Crippen molar-refractivity contribution in [1.82, 2.24) is 25.4 Å². The van der Waals surface area contributed by atoms with Crippen molar-refractivity contribution in [2.24, 2.45) is 0 Å². The summed E-state index contributed by atoms with van der Waals surface area (Å²) in [6.45, 7) is 5.15. The topological polar surface area (TPSA) is 91.0 Å². The molecule has 0 radical (unpaired) electrons.